The largest absolute Gasteiger partial charge is 0.444 e. The van der Waals surface area contributed by atoms with Crippen LogP contribution >= 0.6 is 11.3 Å². The molecule has 3 N–H and O–H groups in total. The number of carbonyl (C=O) groups is 4. The number of amides is 5. The van der Waals surface area contributed by atoms with E-state index in [1.165, 1.54) is 5.06 Å². The molecule has 2 aliphatic rings. The van der Waals surface area contributed by atoms with Crippen LogP contribution in [0.3, 0.4) is 0 Å². The van der Waals surface area contributed by atoms with Crippen LogP contribution in [0.2, 0.25) is 0 Å². The minimum Gasteiger partial charge on any atom is -0.444 e. The molecule has 15 heteroatoms. The predicted octanol–water partition coefficient (Wildman–Crippen LogP) is 2.98. The summed E-state index contributed by atoms with van der Waals surface area (Å²) < 4.78 is 10.5. The number of urea groups is 1. The van der Waals surface area contributed by atoms with Gasteiger partial charge in [-0.05, 0) is 41.5 Å². The van der Waals surface area contributed by atoms with E-state index in [9.17, 15) is 19.2 Å². The second kappa shape index (κ2) is 11.6. The number of rotatable bonds is 7. The van der Waals surface area contributed by atoms with Gasteiger partial charge in [0.15, 0.2) is 5.01 Å². The molecule has 0 radical (unpaired) electrons. The van der Waals surface area contributed by atoms with Gasteiger partial charge in [-0.25, -0.2) is 24.3 Å². The van der Waals surface area contributed by atoms with E-state index in [2.05, 4.69) is 22.2 Å². The highest BCUT2D eigenvalue weighted by atomic mass is 32.1. The van der Waals surface area contributed by atoms with Crippen molar-refractivity contribution in [3.63, 3.8) is 0 Å². The molecule has 14 nitrogen and oxygen atoms in total. The molecule has 2 bridgehead atoms. The Labute approximate surface area is 230 Å². The van der Waals surface area contributed by atoms with Crippen LogP contribution in [0.15, 0.2) is 12.7 Å². The molecule has 214 valence electrons. The SMILES string of the molecule is C=CCON1C(=O)N2Cc3nc(C(=O)NCCN(C(=N)NC(=O)OC(C)(C)C)C(=O)OC(C)(C)C)sc3C1C2. The third kappa shape index (κ3) is 7.66. The van der Waals surface area contributed by atoms with Gasteiger partial charge in [0.1, 0.15) is 17.2 Å². The first kappa shape index (κ1) is 29.8. The molecule has 1 saturated heterocycles. The molecule has 1 aromatic rings. The van der Waals surface area contributed by atoms with E-state index in [0.29, 0.717) is 12.2 Å². The summed E-state index contributed by atoms with van der Waals surface area (Å²) in [7, 11) is 0. The van der Waals surface area contributed by atoms with Crippen LogP contribution in [0.1, 0.15) is 68.0 Å². The summed E-state index contributed by atoms with van der Waals surface area (Å²) in [4.78, 5) is 63.5. The summed E-state index contributed by atoms with van der Waals surface area (Å²) in [6.45, 7) is 14.2. The van der Waals surface area contributed by atoms with Crippen molar-refractivity contribution in [1.29, 1.82) is 5.41 Å². The Hall–Kier alpha value is -3.72. The first-order valence-electron chi connectivity index (χ1n) is 12.3. The Bertz CT molecular complexity index is 1150. The minimum absolute atomic E-state index is 0.0662. The molecule has 2 aliphatic heterocycles. The highest BCUT2D eigenvalue weighted by Gasteiger charge is 2.46. The van der Waals surface area contributed by atoms with Crippen LogP contribution in [0.4, 0.5) is 14.4 Å². The van der Waals surface area contributed by atoms with Gasteiger partial charge in [-0.2, -0.15) is 5.06 Å². The van der Waals surface area contributed by atoms with Crippen LogP contribution in [0.25, 0.3) is 0 Å². The van der Waals surface area contributed by atoms with Crippen molar-refractivity contribution >= 4 is 41.4 Å². The van der Waals surface area contributed by atoms with Crippen LogP contribution in [0, 0.1) is 5.41 Å². The fourth-order valence-electron chi connectivity index (χ4n) is 3.68. The summed E-state index contributed by atoms with van der Waals surface area (Å²) in [6, 6.07) is -0.634. The molecule has 3 rings (SSSR count). The number of hydrogen-bond acceptors (Lipinski definition) is 10. The van der Waals surface area contributed by atoms with Crippen molar-refractivity contribution in [3.8, 4) is 0 Å². The maximum absolute atomic E-state index is 12.9. The number of ether oxygens (including phenoxy) is 2. The lowest BCUT2D eigenvalue weighted by atomic mass is 10.1. The Morgan fingerprint density at radius 1 is 1.21 bits per heavy atom. The molecule has 1 fully saturated rings. The fraction of sp³-hybridized carbons (Fsp3) is 0.583. The lowest BCUT2D eigenvalue weighted by Crippen LogP contribution is -2.51. The number of thiazole rings is 1. The normalized spacial score (nSPS) is 16.4. The van der Waals surface area contributed by atoms with E-state index < -0.39 is 35.3 Å². The van der Waals surface area contributed by atoms with Gasteiger partial charge in [0, 0.05) is 13.1 Å². The smallest absolute Gasteiger partial charge is 0.417 e. The number of nitrogens with zero attached hydrogens (tertiary/aromatic N) is 4. The molecule has 0 saturated carbocycles. The number of hydroxylamine groups is 2. The Kier molecular flexibility index (Phi) is 8.85. The molecule has 3 heterocycles. The fourth-order valence-corrected chi connectivity index (χ4v) is 4.75. The maximum Gasteiger partial charge on any atom is 0.417 e. The Morgan fingerprint density at radius 3 is 2.49 bits per heavy atom. The number of fused-ring (bicyclic) bond motifs is 4. The Morgan fingerprint density at radius 2 is 1.87 bits per heavy atom. The van der Waals surface area contributed by atoms with Gasteiger partial charge in [-0.1, -0.05) is 6.08 Å². The topological polar surface area (TPSA) is 166 Å². The highest BCUT2D eigenvalue weighted by Crippen LogP contribution is 2.40. The second-order valence-electron chi connectivity index (χ2n) is 10.8. The van der Waals surface area contributed by atoms with Gasteiger partial charge in [0.25, 0.3) is 5.91 Å². The number of carbonyl (C=O) groups excluding carboxylic acids is 4. The third-order valence-electron chi connectivity index (χ3n) is 5.16. The number of aromatic nitrogens is 1. The average Bonchev–Trinajstić information content (AvgIpc) is 3.33. The summed E-state index contributed by atoms with van der Waals surface area (Å²) in [6.07, 6.45) is -0.245. The third-order valence-corrected chi connectivity index (χ3v) is 6.35. The van der Waals surface area contributed by atoms with Gasteiger partial charge in [0.05, 0.1) is 30.3 Å². The molecule has 1 atom stereocenters. The lowest BCUT2D eigenvalue weighted by molar-refractivity contribution is -0.118. The predicted molar refractivity (Wildman–Crippen MR) is 141 cm³/mol. The molecular formula is C24H35N7O7S. The van der Waals surface area contributed by atoms with Crippen molar-refractivity contribution in [2.75, 3.05) is 26.2 Å². The first-order valence-corrected chi connectivity index (χ1v) is 13.1. The molecular weight excluding hydrogens is 530 g/mol. The van der Waals surface area contributed by atoms with E-state index in [1.807, 2.05) is 0 Å². The van der Waals surface area contributed by atoms with Gasteiger partial charge >= 0.3 is 18.2 Å². The standard InChI is InChI=1S/C24H35N7O7S/c1-8-11-36-31-15-13-29(21(31)34)12-14-16(15)39-18(27-14)17(32)26-9-10-30(22(35)38-24(5,6)7)19(25)28-20(33)37-23(2,3)4/h8,15H,1,9-13H2,2-7H3,(H,26,32)(H2,25,28,33). The van der Waals surface area contributed by atoms with Crippen LogP contribution < -0.4 is 10.6 Å². The molecule has 0 spiro atoms. The molecule has 1 unspecified atom stereocenters. The van der Waals surface area contributed by atoms with Crippen molar-refractivity contribution in [2.45, 2.75) is 65.3 Å². The first-order chi connectivity index (χ1) is 18.1. The quantitative estimate of drug-likeness (QED) is 0.258. The highest BCUT2D eigenvalue weighted by molar-refractivity contribution is 7.13. The Balaban J connectivity index is 1.65. The van der Waals surface area contributed by atoms with Gasteiger partial charge in [0.2, 0.25) is 5.96 Å². The van der Waals surface area contributed by atoms with Gasteiger partial charge in [-0.3, -0.25) is 20.4 Å². The maximum atomic E-state index is 12.9. The summed E-state index contributed by atoms with van der Waals surface area (Å²) >= 11 is 1.16. The zero-order chi connectivity index (χ0) is 29.1. The van der Waals surface area contributed by atoms with Crippen molar-refractivity contribution in [1.82, 2.24) is 30.5 Å². The summed E-state index contributed by atoms with van der Waals surface area (Å²) in [5, 5.41) is 14.6. The zero-order valence-corrected chi connectivity index (χ0v) is 23.8. The van der Waals surface area contributed by atoms with Crippen LogP contribution in [-0.2, 0) is 20.9 Å². The number of guanidine groups is 1. The number of nitrogens with one attached hydrogen (secondary N) is 3. The van der Waals surface area contributed by atoms with Crippen LogP contribution in [-0.4, -0.2) is 87.4 Å². The van der Waals surface area contributed by atoms with Crippen molar-refractivity contribution in [2.24, 2.45) is 0 Å². The molecule has 39 heavy (non-hydrogen) atoms. The van der Waals surface area contributed by atoms with E-state index in [-0.39, 0.29) is 43.3 Å². The molecule has 0 aromatic carbocycles. The number of alkyl carbamates (subject to hydrolysis) is 1. The molecule has 0 aliphatic carbocycles. The summed E-state index contributed by atoms with van der Waals surface area (Å²) in [5.74, 6) is -1.05. The van der Waals surface area contributed by atoms with E-state index in [0.717, 1.165) is 21.1 Å². The lowest BCUT2D eigenvalue weighted by Gasteiger charge is -2.28. The van der Waals surface area contributed by atoms with E-state index in [4.69, 9.17) is 19.7 Å². The van der Waals surface area contributed by atoms with Crippen molar-refractivity contribution < 1.29 is 33.5 Å². The zero-order valence-electron chi connectivity index (χ0n) is 23.0. The summed E-state index contributed by atoms with van der Waals surface area (Å²) in [5.41, 5.74) is -1.04. The van der Waals surface area contributed by atoms with E-state index in [1.54, 1.807) is 52.5 Å². The second-order valence-corrected chi connectivity index (χ2v) is 11.8. The number of hydrogen-bond donors (Lipinski definition) is 3. The van der Waals surface area contributed by atoms with Gasteiger partial charge < -0.3 is 19.7 Å². The van der Waals surface area contributed by atoms with Gasteiger partial charge in [-0.15, -0.1) is 17.9 Å². The molecule has 5 amide bonds. The average molecular weight is 566 g/mol. The van der Waals surface area contributed by atoms with Crippen molar-refractivity contribution in [3.05, 3.63) is 28.2 Å². The minimum atomic E-state index is -0.909. The van der Waals surface area contributed by atoms with E-state index >= 15 is 0 Å². The monoisotopic (exact) mass is 565 g/mol. The molecule has 1 aromatic heterocycles. The van der Waals surface area contributed by atoms with Crippen LogP contribution in [0.5, 0.6) is 0 Å².